The predicted molar refractivity (Wildman–Crippen MR) is 145 cm³/mol. The van der Waals surface area contributed by atoms with E-state index in [-0.39, 0.29) is 11.6 Å². The smallest absolute Gasteiger partial charge is 0.335 e. The summed E-state index contributed by atoms with van der Waals surface area (Å²) in [6, 6.07) is 28.8. The normalized spacial score (nSPS) is 12.1. The average Bonchev–Trinajstić information content (AvgIpc) is 3.49. The first-order valence-corrected chi connectivity index (χ1v) is 12.3. The summed E-state index contributed by atoms with van der Waals surface area (Å²) in [6.07, 6.45) is 1.79. The second-order valence-electron chi connectivity index (χ2n) is 9.17. The Kier molecular flexibility index (Phi) is 5.81. The molecular formula is C31H24N4O3. The Morgan fingerprint density at radius 2 is 1.63 bits per heavy atom. The van der Waals surface area contributed by atoms with Gasteiger partial charge in [-0.1, -0.05) is 59.8 Å². The van der Waals surface area contributed by atoms with Crippen molar-refractivity contribution in [3.05, 3.63) is 125 Å². The summed E-state index contributed by atoms with van der Waals surface area (Å²) < 4.78 is 7.46. The monoisotopic (exact) mass is 500 g/mol. The molecule has 0 aliphatic heterocycles. The molecule has 1 unspecified atom stereocenters. The van der Waals surface area contributed by atoms with Crippen molar-refractivity contribution in [3.8, 4) is 22.4 Å². The van der Waals surface area contributed by atoms with E-state index in [1.54, 1.807) is 30.5 Å². The van der Waals surface area contributed by atoms with E-state index in [1.165, 1.54) is 0 Å². The second kappa shape index (κ2) is 9.44. The van der Waals surface area contributed by atoms with Crippen LogP contribution in [-0.4, -0.2) is 31.0 Å². The topological polar surface area (TPSA) is 94.0 Å². The highest BCUT2D eigenvalue weighted by Crippen LogP contribution is 2.37. The van der Waals surface area contributed by atoms with Crippen molar-refractivity contribution in [2.75, 3.05) is 0 Å². The number of carboxylic acids is 1. The highest BCUT2D eigenvalue weighted by atomic mass is 16.5. The van der Waals surface area contributed by atoms with Gasteiger partial charge in [-0.3, -0.25) is 9.67 Å². The molecule has 6 aromatic rings. The Hall–Kier alpha value is -5.04. The Balaban J connectivity index is 1.63. The molecular weight excluding hydrogens is 476 g/mol. The number of fused-ring (bicyclic) bond motifs is 1. The summed E-state index contributed by atoms with van der Waals surface area (Å²) in [4.78, 5) is 16.1. The van der Waals surface area contributed by atoms with Crippen molar-refractivity contribution in [1.29, 1.82) is 0 Å². The van der Waals surface area contributed by atoms with E-state index >= 15 is 0 Å². The van der Waals surface area contributed by atoms with E-state index in [0.29, 0.717) is 0 Å². The molecule has 186 valence electrons. The molecule has 0 aliphatic rings. The number of rotatable bonds is 6. The quantitative estimate of drug-likeness (QED) is 0.273. The summed E-state index contributed by atoms with van der Waals surface area (Å²) in [6.45, 7) is 3.84. The lowest BCUT2D eigenvalue weighted by Gasteiger charge is -2.19. The Bertz CT molecular complexity index is 1700. The molecule has 0 spiro atoms. The molecule has 3 aromatic heterocycles. The molecule has 0 aliphatic carbocycles. The van der Waals surface area contributed by atoms with Crippen molar-refractivity contribution in [2.24, 2.45) is 0 Å². The van der Waals surface area contributed by atoms with Gasteiger partial charge in [-0.25, -0.2) is 4.79 Å². The Labute approximate surface area is 219 Å². The maximum Gasteiger partial charge on any atom is 0.335 e. The molecule has 0 bridgehead atoms. The van der Waals surface area contributed by atoms with Crippen molar-refractivity contribution in [2.45, 2.75) is 19.9 Å². The van der Waals surface area contributed by atoms with Crippen LogP contribution in [0.2, 0.25) is 0 Å². The first kappa shape index (κ1) is 23.4. The summed E-state index contributed by atoms with van der Waals surface area (Å²) in [5.74, 6) is -0.211. The number of hydrogen-bond acceptors (Lipinski definition) is 5. The maximum atomic E-state index is 11.4. The van der Waals surface area contributed by atoms with Crippen LogP contribution in [0.1, 0.15) is 39.1 Å². The van der Waals surface area contributed by atoms with Crippen LogP contribution in [-0.2, 0) is 0 Å². The fourth-order valence-corrected chi connectivity index (χ4v) is 4.98. The van der Waals surface area contributed by atoms with Gasteiger partial charge in [-0.15, -0.1) is 0 Å². The molecule has 3 aromatic carbocycles. The van der Waals surface area contributed by atoms with Gasteiger partial charge in [0.05, 0.1) is 22.5 Å². The molecule has 0 fully saturated rings. The van der Waals surface area contributed by atoms with Crippen LogP contribution in [0.5, 0.6) is 0 Å². The molecule has 7 nitrogen and oxygen atoms in total. The molecule has 6 rings (SSSR count). The van der Waals surface area contributed by atoms with Gasteiger partial charge in [-0.05, 0) is 61.4 Å². The van der Waals surface area contributed by atoms with Gasteiger partial charge in [0.25, 0.3) is 0 Å². The standard InChI is InChI=1S/C31H24N4O3/c1-19-28(20(2)38-34-19)24-15-16-25-27(18-24)35(33-29(25)21-11-13-23(14-12-21)31(36)37)30(22-8-4-3-5-9-22)26-10-6-7-17-32-26/h3-18,30H,1-2H3,(H,36,37). The minimum Gasteiger partial charge on any atom is -0.478 e. The van der Waals surface area contributed by atoms with E-state index in [2.05, 4.69) is 29.4 Å². The second-order valence-corrected chi connectivity index (χ2v) is 9.17. The molecule has 0 amide bonds. The van der Waals surface area contributed by atoms with Gasteiger partial charge in [-0.2, -0.15) is 5.10 Å². The summed E-state index contributed by atoms with van der Waals surface area (Å²) in [5.41, 5.74) is 7.41. The summed E-state index contributed by atoms with van der Waals surface area (Å²) in [5, 5.41) is 19.6. The number of aromatic carboxylic acids is 1. The number of aromatic nitrogens is 4. The minimum atomic E-state index is -0.963. The highest BCUT2D eigenvalue weighted by Gasteiger charge is 2.24. The molecule has 1 N–H and O–H groups in total. The largest absolute Gasteiger partial charge is 0.478 e. The van der Waals surface area contributed by atoms with Crippen molar-refractivity contribution >= 4 is 16.9 Å². The molecule has 3 heterocycles. The number of nitrogens with zero attached hydrogens (tertiary/aromatic N) is 4. The molecule has 1 atom stereocenters. The third kappa shape index (κ3) is 4.04. The van der Waals surface area contributed by atoms with Gasteiger partial charge in [0.15, 0.2) is 0 Å². The summed E-state index contributed by atoms with van der Waals surface area (Å²) in [7, 11) is 0. The van der Waals surface area contributed by atoms with Crippen LogP contribution in [0.3, 0.4) is 0 Å². The third-order valence-corrected chi connectivity index (χ3v) is 6.76. The average molecular weight is 501 g/mol. The van der Waals surface area contributed by atoms with Gasteiger partial charge >= 0.3 is 5.97 Å². The highest BCUT2D eigenvalue weighted by molar-refractivity contribution is 5.97. The Morgan fingerprint density at radius 3 is 2.29 bits per heavy atom. The first-order valence-electron chi connectivity index (χ1n) is 12.3. The van der Waals surface area contributed by atoms with Crippen LogP contribution in [0.4, 0.5) is 0 Å². The number of benzene rings is 3. The van der Waals surface area contributed by atoms with E-state index in [1.807, 2.05) is 61.0 Å². The molecule has 0 saturated heterocycles. The van der Waals surface area contributed by atoms with E-state index in [4.69, 9.17) is 14.6 Å². The predicted octanol–water partition coefficient (Wildman–Crippen LogP) is 6.71. The van der Waals surface area contributed by atoms with Crippen molar-refractivity contribution in [1.82, 2.24) is 19.9 Å². The zero-order chi connectivity index (χ0) is 26.2. The van der Waals surface area contributed by atoms with Gasteiger partial charge in [0.1, 0.15) is 17.5 Å². The zero-order valence-electron chi connectivity index (χ0n) is 20.9. The third-order valence-electron chi connectivity index (χ3n) is 6.76. The van der Waals surface area contributed by atoms with Crippen molar-refractivity contribution in [3.63, 3.8) is 0 Å². The Morgan fingerprint density at radius 1 is 0.895 bits per heavy atom. The fraction of sp³-hybridized carbons (Fsp3) is 0.0968. The van der Waals surface area contributed by atoms with Crippen LogP contribution in [0.15, 0.2) is 102 Å². The first-order chi connectivity index (χ1) is 18.5. The number of carbonyl (C=O) groups is 1. The molecule has 7 heteroatoms. The molecule has 38 heavy (non-hydrogen) atoms. The van der Waals surface area contributed by atoms with Crippen LogP contribution < -0.4 is 0 Å². The lowest BCUT2D eigenvalue weighted by atomic mass is 9.99. The summed E-state index contributed by atoms with van der Waals surface area (Å²) >= 11 is 0. The molecule has 0 radical (unpaired) electrons. The molecule has 0 saturated carbocycles. The van der Waals surface area contributed by atoms with Crippen LogP contribution in [0, 0.1) is 13.8 Å². The van der Waals surface area contributed by atoms with Crippen LogP contribution in [0.25, 0.3) is 33.3 Å². The minimum absolute atomic E-state index is 0.230. The van der Waals surface area contributed by atoms with E-state index in [0.717, 1.165) is 56.0 Å². The van der Waals surface area contributed by atoms with Gasteiger partial charge in [0.2, 0.25) is 0 Å². The van der Waals surface area contributed by atoms with Crippen molar-refractivity contribution < 1.29 is 14.4 Å². The van der Waals surface area contributed by atoms with Gasteiger partial charge < -0.3 is 9.63 Å². The number of carboxylic acid groups (broad SMARTS) is 1. The number of pyridine rings is 1. The number of aryl methyl sites for hydroxylation is 2. The lowest BCUT2D eigenvalue weighted by molar-refractivity contribution is 0.0697. The SMILES string of the molecule is Cc1noc(C)c1-c1ccc2c(-c3ccc(C(=O)O)cc3)nn(C(c3ccccc3)c3ccccn3)c2c1. The number of hydrogen-bond donors (Lipinski definition) is 1. The zero-order valence-corrected chi connectivity index (χ0v) is 20.9. The van der Waals surface area contributed by atoms with E-state index in [9.17, 15) is 9.90 Å². The fourth-order valence-electron chi connectivity index (χ4n) is 4.98. The van der Waals surface area contributed by atoms with E-state index < -0.39 is 5.97 Å². The maximum absolute atomic E-state index is 11.4. The van der Waals surface area contributed by atoms with Gasteiger partial charge in [0, 0.05) is 22.7 Å². The lowest BCUT2D eigenvalue weighted by Crippen LogP contribution is -2.15. The van der Waals surface area contributed by atoms with Crippen LogP contribution >= 0.6 is 0 Å².